The van der Waals surface area contributed by atoms with E-state index in [2.05, 4.69) is 15.2 Å². The summed E-state index contributed by atoms with van der Waals surface area (Å²) in [5.41, 5.74) is 2.07. The van der Waals surface area contributed by atoms with Crippen LogP contribution in [0.25, 0.3) is 22.5 Å². The van der Waals surface area contributed by atoms with Crippen molar-refractivity contribution in [1.82, 2.24) is 19.9 Å². The van der Waals surface area contributed by atoms with Crippen LogP contribution < -0.4 is 0 Å². The van der Waals surface area contributed by atoms with Crippen molar-refractivity contribution in [2.45, 2.75) is 33.4 Å². The average molecular weight is 366 g/mol. The molecule has 0 aliphatic carbocycles. The molecule has 0 aliphatic heterocycles. The van der Waals surface area contributed by atoms with Crippen molar-refractivity contribution >= 4 is 17.0 Å². The van der Waals surface area contributed by atoms with Gasteiger partial charge in [-0.1, -0.05) is 5.16 Å². The Morgan fingerprint density at radius 3 is 2.85 bits per heavy atom. The summed E-state index contributed by atoms with van der Waals surface area (Å²) >= 11 is 0. The quantitative estimate of drug-likeness (QED) is 0.494. The van der Waals surface area contributed by atoms with Crippen molar-refractivity contribution in [2.75, 3.05) is 0 Å². The maximum Gasteiger partial charge on any atom is 0.339 e. The fourth-order valence-corrected chi connectivity index (χ4v) is 2.82. The van der Waals surface area contributed by atoms with Crippen LogP contribution in [0, 0.1) is 6.92 Å². The van der Waals surface area contributed by atoms with Crippen LogP contribution in [0.5, 0.6) is 0 Å². The Kier molecular flexibility index (Phi) is 4.23. The largest absolute Gasteiger partial charge is 0.463 e. The van der Waals surface area contributed by atoms with Gasteiger partial charge >= 0.3 is 5.97 Å². The van der Waals surface area contributed by atoms with Crippen LogP contribution in [-0.2, 0) is 11.3 Å². The van der Waals surface area contributed by atoms with Crippen LogP contribution in [0.3, 0.4) is 0 Å². The van der Waals surface area contributed by atoms with E-state index in [1.807, 2.05) is 13.8 Å². The predicted molar refractivity (Wildman–Crippen MR) is 96.0 cm³/mol. The summed E-state index contributed by atoms with van der Waals surface area (Å²) in [5.74, 6) is 0.736. The standard InChI is InChI=1S/C19H18N4O4/c1-11(2)23-18-15(9-20-23)14(8-16(21-18)17-5-4-6-25-17)19(24)26-10-13-7-12(3)27-22-13/h4-9,11H,10H2,1-3H3. The Bertz CT molecular complexity index is 1090. The van der Waals surface area contributed by atoms with E-state index in [9.17, 15) is 4.79 Å². The highest BCUT2D eigenvalue weighted by Crippen LogP contribution is 2.27. The van der Waals surface area contributed by atoms with Crippen LogP contribution in [0.15, 0.2) is 45.7 Å². The van der Waals surface area contributed by atoms with Crippen molar-refractivity contribution in [3.8, 4) is 11.5 Å². The van der Waals surface area contributed by atoms with Crippen LogP contribution in [0.2, 0.25) is 0 Å². The predicted octanol–water partition coefficient (Wildman–Crippen LogP) is 3.93. The molecule has 0 N–H and O–H groups in total. The zero-order chi connectivity index (χ0) is 19.0. The fourth-order valence-electron chi connectivity index (χ4n) is 2.82. The van der Waals surface area contributed by atoms with Crippen molar-refractivity contribution in [1.29, 1.82) is 0 Å². The van der Waals surface area contributed by atoms with E-state index in [0.717, 1.165) is 0 Å². The van der Waals surface area contributed by atoms with Crippen molar-refractivity contribution < 1.29 is 18.5 Å². The molecule has 0 atom stereocenters. The third-order valence-corrected chi connectivity index (χ3v) is 4.08. The Balaban J connectivity index is 1.74. The Labute approximate surface area is 154 Å². The third kappa shape index (κ3) is 3.21. The average Bonchev–Trinajstić information content (AvgIpc) is 3.38. The van der Waals surface area contributed by atoms with Gasteiger partial charge in [0.1, 0.15) is 23.8 Å². The highest BCUT2D eigenvalue weighted by Gasteiger charge is 2.20. The minimum absolute atomic E-state index is 0.0222. The van der Waals surface area contributed by atoms with Gasteiger partial charge in [0.25, 0.3) is 0 Å². The maximum atomic E-state index is 12.8. The molecule has 0 spiro atoms. The van der Waals surface area contributed by atoms with Gasteiger partial charge in [0.2, 0.25) is 0 Å². The summed E-state index contributed by atoms with van der Waals surface area (Å²) < 4.78 is 17.6. The highest BCUT2D eigenvalue weighted by atomic mass is 16.5. The number of hydrogen-bond acceptors (Lipinski definition) is 7. The molecule has 0 unspecified atom stereocenters. The van der Waals surface area contributed by atoms with Gasteiger partial charge in [-0.2, -0.15) is 5.10 Å². The van der Waals surface area contributed by atoms with Crippen LogP contribution >= 0.6 is 0 Å². The number of furan rings is 1. The van der Waals surface area contributed by atoms with Crippen LogP contribution in [0.1, 0.15) is 41.7 Å². The lowest BCUT2D eigenvalue weighted by Crippen LogP contribution is -2.08. The number of aryl methyl sites for hydroxylation is 1. The lowest BCUT2D eigenvalue weighted by atomic mass is 10.1. The molecule has 4 heterocycles. The first-order valence-corrected chi connectivity index (χ1v) is 8.54. The molecule has 4 aromatic heterocycles. The van der Waals surface area contributed by atoms with Gasteiger partial charge in [-0.25, -0.2) is 14.5 Å². The number of carbonyl (C=O) groups excluding carboxylic acids is 1. The van der Waals surface area contributed by atoms with Gasteiger partial charge in [0, 0.05) is 12.1 Å². The first-order valence-electron chi connectivity index (χ1n) is 8.54. The van der Waals surface area contributed by atoms with Gasteiger partial charge in [-0.05, 0) is 39.0 Å². The Morgan fingerprint density at radius 2 is 2.19 bits per heavy atom. The SMILES string of the molecule is Cc1cc(COC(=O)c2cc(-c3ccco3)nc3c2cnn3C(C)C)no1. The highest BCUT2D eigenvalue weighted by molar-refractivity contribution is 6.03. The van der Waals surface area contributed by atoms with Gasteiger partial charge < -0.3 is 13.7 Å². The summed E-state index contributed by atoms with van der Waals surface area (Å²) in [6.07, 6.45) is 3.19. The molecule has 0 saturated heterocycles. The minimum Gasteiger partial charge on any atom is -0.463 e. The lowest BCUT2D eigenvalue weighted by molar-refractivity contribution is 0.0466. The smallest absolute Gasteiger partial charge is 0.339 e. The fraction of sp³-hybridized carbons (Fsp3) is 0.263. The topological polar surface area (TPSA) is 96.2 Å². The molecule has 4 rings (SSSR count). The van der Waals surface area contributed by atoms with Gasteiger partial charge in [-0.3, -0.25) is 0 Å². The van der Waals surface area contributed by atoms with Gasteiger partial charge in [0.05, 0.1) is 23.4 Å². The van der Waals surface area contributed by atoms with Crippen molar-refractivity contribution in [2.24, 2.45) is 0 Å². The number of aromatic nitrogens is 4. The molecule has 0 fully saturated rings. The third-order valence-electron chi connectivity index (χ3n) is 4.08. The second-order valence-electron chi connectivity index (χ2n) is 6.46. The molecular formula is C19H18N4O4. The maximum absolute atomic E-state index is 12.8. The lowest BCUT2D eigenvalue weighted by Gasteiger charge is -2.09. The first-order chi connectivity index (χ1) is 13.0. The summed E-state index contributed by atoms with van der Waals surface area (Å²) in [6.45, 7) is 5.80. The summed E-state index contributed by atoms with van der Waals surface area (Å²) in [6, 6.07) is 7.03. The molecule has 27 heavy (non-hydrogen) atoms. The van der Waals surface area contributed by atoms with Gasteiger partial charge in [-0.15, -0.1) is 0 Å². The van der Waals surface area contributed by atoms with Crippen molar-refractivity contribution in [3.63, 3.8) is 0 Å². The normalized spacial score (nSPS) is 11.4. The van der Waals surface area contributed by atoms with Crippen molar-refractivity contribution in [3.05, 3.63) is 53.7 Å². The first kappa shape index (κ1) is 17.0. The number of esters is 1. The van der Waals surface area contributed by atoms with E-state index in [1.165, 1.54) is 0 Å². The second-order valence-corrected chi connectivity index (χ2v) is 6.46. The molecule has 0 saturated carbocycles. The molecule has 8 nitrogen and oxygen atoms in total. The van der Waals surface area contributed by atoms with Crippen LogP contribution in [-0.4, -0.2) is 25.9 Å². The molecule has 0 bridgehead atoms. The molecule has 8 heteroatoms. The van der Waals surface area contributed by atoms with E-state index in [1.54, 1.807) is 48.3 Å². The number of hydrogen-bond donors (Lipinski definition) is 0. The summed E-state index contributed by atoms with van der Waals surface area (Å²) in [4.78, 5) is 17.4. The monoisotopic (exact) mass is 366 g/mol. The van der Waals surface area contributed by atoms with E-state index in [4.69, 9.17) is 13.7 Å². The molecule has 4 aromatic rings. The number of pyridine rings is 1. The number of fused-ring (bicyclic) bond motifs is 1. The number of rotatable bonds is 5. The molecule has 0 amide bonds. The van der Waals surface area contributed by atoms with Gasteiger partial charge in [0.15, 0.2) is 11.4 Å². The Hall–Kier alpha value is -3.42. The van der Waals surface area contributed by atoms with E-state index >= 15 is 0 Å². The molecule has 0 aliphatic rings. The Morgan fingerprint density at radius 1 is 1.33 bits per heavy atom. The summed E-state index contributed by atoms with van der Waals surface area (Å²) in [7, 11) is 0. The molecule has 0 aromatic carbocycles. The van der Waals surface area contributed by atoms with Crippen LogP contribution in [0.4, 0.5) is 0 Å². The summed E-state index contributed by atoms with van der Waals surface area (Å²) in [5, 5.41) is 8.83. The molecular weight excluding hydrogens is 348 g/mol. The van der Waals surface area contributed by atoms with E-state index in [-0.39, 0.29) is 12.6 Å². The number of nitrogens with zero attached hydrogens (tertiary/aromatic N) is 4. The number of carbonyl (C=O) groups is 1. The minimum atomic E-state index is -0.487. The zero-order valence-electron chi connectivity index (χ0n) is 15.2. The number of ether oxygens (including phenoxy) is 1. The zero-order valence-corrected chi connectivity index (χ0v) is 15.2. The molecule has 138 valence electrons. The van der Waals surface area contributed by atoms with E-state index < -0.39 is 5.97 Å². The molecule has 0 radical (unpaired) electrons. The van der Waals surface area contributed by atoms with E-state index in [0.29, 0.717) is 39.5 Å². The second kappa shape index (κ2) is 6.71.